The van der Waals surface area contributed by atoms with E-state index in [1.807, 2.05) is 0 Å². The molecule has 72 valence electrons. The van der Waals surface area contributed by atoms with Crippen molar-refractivity contribution >= 4 is 11.6 Å². The van der Waals surface area contributed by atoms with E-state index < -0.39 is 0 Å². The van der Waals surface area contributed by atoms with Crippen LogP contribution in [0.25, 0.3) is 0 Å². The fraction of sp³-hybridized carbons (Fsp3) is 0.667. The zero-order valence-electron chi connectivity index (χ0n) is 7.59. The van der Waals surface area contributed by atoms with Crippen LogP contribution in [0.5, 0.6) is 0 Å². The SMILES string of the molecule is COC(c1ncc(CCl)[nH]1)C1CC1. The first kappa shape index (κ1) is 9.03. The van der Waals surface area contributed by atoms with Crippen molar-refractivity contribution in [2.45, 2.75) is 24.8 Å². The maximum absolute atomic E-state index is 5.67. The summed E-state index contributed by atoms with van der Waals surface area (Å²) in [5, 5.41) is 0. The molecule has 0 saturated heterocycles. The van der Waals surface area contributed by atoms with Crippen molar-refractivity contribution in [2.75, 3.05) is 7.11 Å². The second kappa shape index (κ2) is 3.68. The summed E-state index contributed by atoms with van der Waals surface area (Å²) in [5.41, 5.74) is 0.958. The Morgan fingerprint density at radius 2 is 2.54 bits per heavy atom. The van der Waals surface area contributed by atoms with Crippen LogP contribution in [0.15, 0.2) is 6.20 Å². The molecular formula is C9H13ClN2O. The smallest absolute Gasteiger partial charge is 0.135 e. The van der Waals surface area contributed by atoms with E-state index in [4.69, 9.17) is 16.3 Å². The Hall–Kier alpha value is -0.540. The molecule has 3 nitrogen and oxygen atoms in total. The molecule has 1 N–H and O–H groups in total. The molecule has 0 aromatic carbocycles. The second-order valence-corrected chi connectivity index (χ2v) is 3.69. The van der Waals surface area contributed by atoms with E-state index in [9.17, 15) is 0 Å². The number of ether oxygens (including phenoxy) is 1. The van der Waals surface area contributed by atoms with Crippen LogP contribution in [0.1, 0.15) is 30.5 Å². The lowest BCUT2D eigenvalue weighted by Gasteiger charge is -2.10. The number of imidazole rings is 1. The Labute approximate surface area is 82.5 Å². The molecule has 13 heavy (non-hydrogen) atoms. The molecular weight excluding hydrogens is 188 g/mol. The number of halogens is 1. The summed E-state index contributed by atoms with van der Waals surface area (Å²) in [6.07, 6.45) is 4.40. The van der Waals surface area contributed by atoms with Crippen molar-refractivity contribution in [2.24, 2.45) is 5.92 Å². The quantitative estimate of drug-likeness (QED) is 0.758. The first-order chi connectivity index (χ1) is 6.35. The molecule has 1 unspecified atom stereocenters. The average molecular weight is 201 g/mol. The van der Waals surface area contributed by atoms with Gasteiger partial charge < -0.3 is 9.72 Å². The zero-order valence-corrected chi connectivity index (χ0v) is 8.34. The fourth-order valence-electron chi connectivity index (χ4n) is 1.52. The normalized spacial score (nSPS) is 18.9. The Morgan fingerprint density at radius 1 is 1.77 bits per heavy atom. The monoisotopic (exact) mass is 200 g/mol. The highest BCUT2D eigenvalue weighted by molar-refractivity contribution is 6.16. The molecule has 1 saturated carbocycles. The van der Waals surface area contributed by atoms with Crippen molar-refractivity contribution < 1.29 is 4.74 Å². The number of rotatable bonds is 4. The predicted molar refractivity (Wildman–Crippen MR) is 50.6 cm³/mol. The number of aromatic nitrogens is 2. The van der Waals surface area contributed by atoms with Crippen molar-refractivity contribution in [3.63, 3.8) is 0 Å². The Bertz CT molecular complexity index is 283. The van der Waals surface area contributed by atoms with Gasteiger partial charge in [-0.2, -0.15) is 0 Å². The van der Waals surface area contributed by atoms with Gasteiger partial charge in [-0.15, -0.1) is 11.6 Å². The number of hydrogen-bond acceptors (Lipinski definition) is 2. The van der Waals surface area contributed by atoms with Gasteiger partial charge in [0, 0.05) is 19.0 Å². The molecule has 1 aliphatic carbocycles. The van der Waals surface area contributed by atoms with Crippen molar-refractivity contribution in [3.05, 3.63) is 17.7 Å². The van der Waals surface area contributed by atoms with E-state index >= 15 is 0 Å². The summed E-state index contributed by atoms with van der Waals surface area (Å²) in [4.78, 5) is 7.42. The maximum atomic E-state index is 5.67. The Kier molecular flexibility index (Phi) is 2.56. The predicted octanol–water partition coefficient (Wildman–Crippen LogP) is 2.25. The molecule has 1 aliphatic rings. The third-order valence-electron chi connectivity index (χ3n) is 2.37. The van der Waals surface area contributed by atoms with Crippen LogP contribution in [-0.4, -0.2) is 17.1 Å². The van der Waals surface area contributed by atoms with Gasteiger partial charge in [0.05, 0.1) is 5.88 Å². The standard InChI is InChI=1S/C9H13ClN2O/c1-13-8(6-2-3-6)9-11-5-7(4-10)12-9/h5-6,8H,2-4H2,1H3,(H,11,12). The minimum Gasteiger partial charge on any atom is -0.373 e. The van der Waals surface area contributed by atoms with Crippen LogP contribution in [-0.2, 0) is 10.6 Å². The molecule has 1 aromatic heterocycles. The highest BCUT2D eigenvalue weighted by Gasteiger charge is 2.34. The van der Waals surface area contributed by atoms with Gasteiger partial charge >= 0.3 is 0 Å². The lowest BCUT2D eigenvalue weighted by Crippen LogP contribution is -2.05. The Morgan fingerprint density at radius 3 is 3.00 bits per heavy atom. The number of aromatic amines is 1. The molecule has 2 rings (SSSR count). The van der Waals surface area contributed by atoms with E-state index in [1.54, 1.807) is 13.3 Å². The summed E-state index contributed by atoms with van der Waals surface area (Å²) in [6, 6.07) is 0. The minimum absolute atomic E-state index is 0.136. The van der Waals surface area contributed by atoms with Crippen molar-refractivity contribution in [1.82, 2.24) is 9.97 Å². The maximum Gasteiger partial charge on any atom is 0.135 e. The van der Waals surface area contributed by atoms with E-state index in [-0.39, 0.29) is 6.10 Å². The van der Waals surface area contributed by atoms with Crippen LogP contribution in [0.3, 0.4) is 0 Å². The van der Waals surface area contributed by atoms with E-state index in [2.05, 4.69) is 9.97 Å². The van der Waals surface area contributed by atoms with Crippen LogP contribution in [0.4, 0.5) is 0 Å². The highest BCUT2D eigenvalue weighted by Crippen LogP contribution is 2.41. The van der Waals surface area contributed by atoms with Crippen molar-refractivity contribution in [1.29, 1.82) is 0 Å². The summed E-state index contributed by atoms with van der Waals surface area (Å²) in [5.74, 6) is 2.05. The first-order valence-electron chi connectivity index (χ1n) is 4.47. The molecule has 0 bridgehead atoms. The molecule has 0 spiro atoms. The van der Waals surface area contributed by atoms with Crippen LogP contribution < -0.4 is 0 Å². The first-order valence-corrected chi connectivity index (χ1v) is 5.01. The lowest BCUT2D eigenvalue weighted by atomic mass is 10.2. The summed E-state index contributed by atoms with van der Waals surface area (Å²) in [7, 11) is 1.73. The average Bonchev–Trinajstić information content (AvgIpc) is 2.85. The third-order valence-corrected chi connectivity index (χ3v) is 2.65. The molecule has 4 heteroatoms. The van der Waals surface area contributed by atoms with Gasteiger partial charge in [-0.05, 0) is 18.8 Å². The molecule has 0 radical (unpaired) electrons. The molecule has 0 aliphatic heterocycles. The summed E-state index contributed by atoms with van der Waals surface area (Å²) in [6.45, 7) is 0. The number of hydrogen-bond donors (Lipinski definition) is 1. The number of nitrogens with one attached hydrogen (secondary N) is 1. The lowest BCUT2D eigenvalue weighted by molar-refractivity contribution is 0.0779. The van der Waals surface area contributed by atoms with Crippen LogP contribution >= 0.6 is 11.6 Å². The van der Waals surface area contributed by atoms with Gasteiger partial charge in [0.15, 0.2) is 0 Å². The van der Waals surface area contributed by atoms with E-state index in [1.165, 1.54) is 12.8 Å². The largest absolute Gasteiger partial charge is 0.373 e. The van der Waals surface area contributed by atoms with Crippen molar-refractivity contribution in [3.8, 4) is 0 Å². The van der Waals surface area contributed by atoms with Gasteiger partial charge in [0.1, 0.15) is 11.9 Å². The second-order valence-electron chi connectivity index (χ2n) is 3.42. The summed E-state index contributed by atoms with van der Waals surface area (Å²) < 4.78 is 5.38. The fourth-order valence-corrected chi connectivity index (χ4v) is 1.65. The van der Waals surface area contributed by atoms with Crippen LogP contribution in [0, 0.1) is 5.92 Å². The Balaban J connectivity index is 2.12. The van der Waals surface area contributed by atoms with E-state index in [0.717, 1.165) is 11.5 Å². The number of methoxy groups -OCH3 is 1. The molecule has 1 atom stereocenters. The third kappa shape index (κ3) is 1.86. The molecule has 1 fully saturated rings. The van der Waals surface area contributed by atoms with E-state index in [0.29, 0.717) is 11.8 Å². The number of alkyl halides is 1. The molecule has 1 aromatic rings. The minimum atomic E-state index is 0.136. The summed E-state index contributed by atoms with van der Waals surface area (Å²) >= 11 is 5.67. The molecule has 0 amide bonds. The number of H-pyrrole nitrogens is 1. The van der Waals surface area contributed by atoms with Gasteiger partial charge in [-0.1, -0.05) is 0 Å². The topological polar surface area (TPSA) is 37.9 Å². The van der Waals surface area contributed by atoms with Crippen LogP contribution in [0.2, 0.25) is 0 Å². The molecule has 1 heterocycles. The van der Waals surface area contributed by atoms with Gasteiger partial charge in [0.2, 0.25) is 0 Å². The number of nitrogens with zero attached hydrogens (tertiary/aromatic N) is 1. The van der Waals surface area contributed by atoms with Gasteiger partial charge in [-0.3, -0.25) is 0 Å². The highest BCUT2D eigenvalue weighted by atomic mass is 35.5. The van der Waals surface area contributed by atoms with Gasteiger partial charge in [-0.25, -0.2) is 4.98 Å². The zero-order chi connectivity index (χ0) is 9.26. The van der Waals surface area contributed by atoms with Gasteiger partial charge in [0.25, 0.3) is 0 Å².